The topological polar surface area (TPSA) is 66.9 Å². The summed E-state index contributed by atoms with van der Waals surface area (Å²) in [5, 5.41) is 0.520. The van der Waals surface area contributed by atoms with Crippen LogP contribution in [-0.4, -0.2) is 63.0 Å². The highest BCUT2D eigenvalue weighted by Crippen LogP contribution is 2.33. The Morgan fingerprint density at radius 2 is 1.86 bits per heavy atom. The van der Waals surface area contributed by atoms with Crippen molar-refractivity contribution in [2.24, 2.45) is 0 Å². The van der Waals surface area contributed by atoms with Crippen molar-refractivity contribution in [2.45, 2.75) is 18.5 Å². The average Bonchev–Trinajstić information content (AvgIpc) is 3.01. The van der Waals surface area contributed by atoms with Crippen LogP contribution in [0.3, 0.4) is 0 Å². The van der Waals surface area contributed by atoms with Crippen LogP contribution in [0.5, 0.6) is 5.75 Å². The maximum atomic E-state index is 13.0. The molecule has 0 bridgehead atoms. The van der Waals surface area contributed by atoms with Crippen molar-refractivity contribution in [1.82, 2.24) is 4.90 Å². The number of hydrogen-bond acceptors (Lipinski definition) is 5. The van der Waals surface area contributed by atoms with Crippen LogP contribution in [0.2, 0.25) is 5.02 Å². The number of amides is 1. The van der Waals surface area contributed by atoms with Crippen LogP contribution >= 0.6 is 11.6 Å². The van der Waals surface area contributed by atoms with Crippen LogP contribution in [0, 0.1) is 0 Å². The number of carbonyl (C=O) groups excluding carboxylic acids is 1. The smallest absolute Gasteiger partial charge is 0.241 e. The fraction of sp³-hybridized carbons (Fsp3) is 0.381. The number of carbonyl (C=O) groups is 1. The highest BCUT2D eigenvalue weighted by atomic mass is 35.5. The van der Waals surface area contributed by atoms with Gasteiger partial charge in [0, 0.05) is 23.3 Å². The molecule has 2 aromatic rings. The molecule has 154 valence electrons. The minimum atomic E-state index is -3.23. The zero-order valence-corrected chi connectivity index (χ0v) is 17.7. The molecule has 8 heteroatoms. The fourth-order valence-corrected chi connectivity index (χ4v) is 6.50. The highest BCUT2D eigenvalue weighted by Gasteiger charge is 2.49. The first-order valence-corrected chi connectivity index (χ1v) is 11.7. The number of para-hydroxylation sites is 1. The Balaban J connectivity index is 1.59. The summed E-state index contributed by atoms with van der Waals surface area (Å²) >= 11 is 6.11. The minimum Gasteiger partial charge on any atom is -0.496 e. The van der Waals surface area contributed by atoms with Crippen molar-refractivity contribution in [1.29, 1.82) is 0 Å². The van der Waals surface area contributed by atoms with Crippen LogP contribution < -0.4 is 9.64 Å². The van der Waals surface area contributed by atoms with E-state index in [-0.39, 0.29) is 30.0 Å². The summed E-state index contributed by atoms with van der Waals surface area (Å²) in [7, 11) is -1.59. The summed E-state index contributed by atoms with van der Waals surface area (Å²) < 4.78 is 30.3. The third-order valence-electron chi connectivity index (χ3n) is 5.65. The number of benzene rings is 2. The number of sulfone groups is 1. The molecule has 2 atom stereocenters. The Morgan fingerprint density at radius 3 is 2.62 bits per heavy atom. The first-order chi connectivity index (χ1) is 13.9. The molecule has 2 aliphatic heterocycles. The molecular formula is C21H23ClN2O4S. The van der Waals surface area contributed by atoms with Gasteiger partial charge in [0.15, 0.2) is 9.84 Å². The van der Waals surface area contributed by atoms with Gasteiger partial charge in [0.25, 0.3) is 0 Å². The number of halogens is 1. The highest BCUT2D eigenvalue weighted by molar-refractivity contribution is 7.91. The number of fused-ring (bicyclic) bond motifs is 1. The zero-order valence-electron chi connectivity index (χ0n) is 16.1. The van der Waals surface area contributed by atoms with E-state index in [1.807, 2.05) is 29.2 Å². The number of ether oxygens (including phenoxy) is 1. The molecule has 4 rings (SSSR count). The van der Waals surface area contributed by atoms with Gasteiger partial charge in [0.1, 0.15) is 5.75 Å². The number of hydrogen-bond donors (Lipinski definition) is 0. The van der Waals surface area contributed by atoms with E-state index in [2.05, 4.69) is 0 Å². The van der Waals surface area contributed by atoms with Crippen LogP contribution in [-0.2, 0) is 21.1 Å². The third-order valence-corrected chi connectivity index (χ3v) is 7.58. The lowest BCUT2D eigenvalue weighted by atomic mass is 10.0. The molecule has 0 aromatic heterocycles. The van der Waals surface area contributed by atoms with Crippen molar-refractivity contribution >= 4 is 33.0 Å². The Bertz CT molecular complexity index is 1030. The van der Waals surface area contributed by atoms with E-state index in [1.54, 1.807) is 36.3 Å². The maximum Gasteiger partial charge on any atom is 0.241 e. The standard InChI is InChI=1S/C21H23ClN2O4S/c1-28-20-8-3-2-5-15(20)9-10-23-12-21(25)24(17-7-4-6-16(22)11-17)19-14-29(26,27)13-18(19)23/h2-8,11,18-19H,9-10,12-14H2,1H3/t18-,19-/m1/s1. The molecule has 0 spiro atoms. The number of rotatable bonds is 5. The molecule has 2 aromatic carbocycles. The summed E-state index contributed by atoms with van der Waals surface area (Å²) in [4.78, 5) is 16.7. The molecule has 1 amide bonds. The van der Waals surface area contributed by atoms with E-state index in [0.717, 1.165) is 11.3 Å². The monoisotopic (exact) mass is 434 g/mol. The maximum absolute atomic E-state index is 13.0. The van der Waals surface area contributed by atoms with Gasteiger partial charge in [-0.2, -0.15) is 0 Å². The van der Waals surface area contributed by atoms with Crippen LogP contribution in [0.15, 0.2) is 48.5 Å². The van der Waals surface area contributed by atoms with Crippen molar-refractivity contribution in [2.75, 3.05) is 36.6 Å². The molecule has 0 radical (unpaired) electrons. The molecule has 2 fully saturated rings. The lowest BCUT2D eigenvalue weighted by Gasteiger charge is -2.43. The van der Waals surface area contributed by atoms with Crippen LogP contribution in [0.25, 0.3) is 0 Å². The predicted molar refractivity (Wildman–Crippen MR) is 113 cm³/mol. The van der Waals surface area contributed by atoms with Gasteiger partial charge in [-0.3, -0.25) is 9.69 Å². The minimum absolute atomic E-state index is 0.0267. The summed E-state index contributed by atoms with van der Waals surface area (Å²) in [6, 6.07) is 14.1. The van der Waals surface area contributed by atoms with Crippen molar-refractivity contribution in [3.05, 3.63) is 59.1 Å². The molecule has 0 unspecified atom stereocenters. The van der Waals surface area contributed by atoms with E-state index in [0.29, 0.717) is 23.7 Å². The molecule has 0 aliphatic carbocycles. The quantitative estimate of drug-likeness (QED) is 0.723. The second-order valence-electron chi connectivity index (χ2n) is 7.49. The second kappa shape index (κ2) is 7.97. The Labute approximate surface area is 175 Å². The molecule has 6 nitrogen and oxygen atoms in total. The first-order valence-electron chi connectivity index (χ1n) is 9.52. The van der Waals surface area contributed by atoms with E-state index in [4.69, 9.17) is 16.3 Å². The normalized spacial score (nSPS) is 23.8. The van der Waals surface area contributed by atoms with Gasteiger partial charge >= 0.3 is 0 Å². The number of piperazine rings is 1. The number of nitrogens with zero attached hydrogens (tertiary/aromatic N) is 2. The van der Waals surface area contributed by atoms with Crippen LogP contribution in [0.4, 0.5) is 5.69 Å². The molecule has 0 N–H and O–H groups in total. The number of methoxy groups -OCH3 is 1. The zero-order chi connectivity index (χ0) is 20.6. The van der Waals surface area contributed by atoms with E-state index < -0.39 is 15.9 Å². The van der Waals surface area contributed by atoms with Gasteiger partial charge in [-0.25, -0.2) is 8.42 Å². The Kier molecular flexibility index (Phi) is 5.55. The third kappa shape index (κ3) is 4.13. The van der Waals surface area contributed by atoms with E-state index in [9.17, 15) is 13.2 Å². The predicted octanol–water partition coefficient (Wildman–Crippen LogP) is 2.41. The largest absolute Gasteiger partial charge is 0.496 e. The lowest BCUT2D eigenvalue weighted by Crippen LogP contribution is -2.62. The van der Waals surface area contributed by atoms with E-state index >= 15 is 0 Å². The lowest BCUT2D eigenvalue weighted by molar-refractivity contribution is -0.123. The summed E-state index contributed by atoms with van der Waals surface area (Å²) in [6.45, 7) is 0.768. The summed E-state index contributed by atoms with van der Waals surface area (Å²) in [5.41, 5.74) is 1.69. The Hall–Kier alpha value is -2.09. The average molecular weight is 435 g/mol. The van der Waals surface area contributed by atoms with Crippen LogP contribution in [0.1, 0.15) is 5.56 Å². The summed E-state index contributed by atoms with van der Waals surface area (Å²) in [6.07, 6.45) is 0.678. The van der Waals surface area contributed by atoms with Gasteiger partial charge in [0.05, 0.1) is 31.2 Å². The molecule has 2 heterocycles. The molecule has 2 aliphatic rings. The molecule has 29 heavy (non-hydrogen) atoms. The van der Waals surface area contributed by atoms with Gasteiger partial charge in [0.2, 0.25) is 5.91 Å². The Morgan fingerprint density at radius 1 is 1.10 bits per heavy atom. The fourth-order valence-electron chi connectivity index (χ4n) is 4.34. The molecular weight excluding hydrogens is 412 g/mol. The van der Waals surface area contributed by atoms with Gasteiger partial charge in [-0.05, 0) is 36.2 Å². The first kappa shape index (κ1) is 20.2. The van der Waals surface area contributed by atoms with Gasteiger partial charge in [-0.1, -0.05) is 35.9 Å². The second-order valence-corrected chi connectivity index (χ2v) is 10.1. The SMILES string of the molecule is COc1ccccc1CCN1CC(=O)N(c2cccc(Cl)c2)[C@@H]2CS(=O)(=O)C[C@H]21. The van der Waals surface area contributed by atoms with Gasteiger partial charge < -0.3 is 9.64 Å². The number of anilines is 1. The van der Waals surface area contributed by atoms with Gasteiger partial charge in [-0.15, -0.1) is 0 Å². The summed E-state index contributed by atoms with van der Waals surface area (Å²) in [5.74, 6) is 0.729. The van der Waals surface area contributed by atoms with E-state index in [1.165, 1.54) is 0 Å². The van der Waals surface area contributed by atoms with Crippen molar-refractivity contribution < 1.29 is 17.9 Å². The van der Waals surface area contributed by atoms with Crippen molar-refractivity contribution in [3.8, 4) is 5.75 Å². The van der Waals surface area contributed by atoms with Crippen molar-refractivity contribution in [3.63, 3.8) is 0 Å². The molecule has 2 saturated heterocycles. The molecule has 0 saturated carbocycles.